The fourth-order valence-electron chi connectivity index (χ4n) is 3.21. The lowest BCUT2D eigenvalue weighted by atomic mass is 10.1. The number of rotatable bonds is 4. The van der Waals surface area contributed by atoms with Gasteiger partial charge in [0.15, 0.2) is 17.3 Å². The third kappa shape index (κ3) is 3.69. The third-order valence-electron chi connectivity index (χ3n) is 4.68. The van der Waals surface area contributed by atoms with Crippen molar-refractivity contribution in [3.8, 4) is 11.5 Å². The highest BCUT2D eigenvalue weighted by Crippen LogP contribution is 2.37. The number of benzene rings is 2. The SMILES string of the molecule is CC(=O)c1cc2c(cc1NC(=O)C1=NN(c3cccc(C)c3)C(=O)CC1)OCO2. The van der Waals surface area contributed by atoms with Gasteiger partial charge in [0.1, 0.15) is 5.71 Å². The molecule has 4 rings (SSSR count). The highest BCUT2D eigenvalue weighted by Gasteiger charge is 2.27. The molecule has 2 heterocycles. The van der Waals surface area contributed by atoms with Gasteiger partial charge in [0, 0.05) is 24.5 Å². The largest absolute Gasteiger partial charge is 0.454 e. The Morgan fingerprint density at radius 1 is 1.10 bits per heavy atom. The van der Waals surface area contributed by atoms with Gasteiger partial charge in [0.25, 0.3) is 5.91 Å². The number of ketones is 1. The molecule has 8 nitrogen and oxygen atoms in total. The monoisotopic (exact) mass is 393 g/mol. The number of nitrogens with one attached hydrogen (secondary N) is 1. The van der Waals surface area contributed by atoms with Crippen LogP contribution in [0.1, 0.15) is 35.7 Å². The van der Waals surface area contributed by atoms with Crippen molar-refractivity contribution in [2.45, 2.75) is 26.7 Å². The first-order chi connectivity index (χ1) is 13.9. The van der Waals surface area contributed by atoms with Crippen LogP contribution >= 0.6 is 0 Å². The Labute approximate surface area is 167 Å². The zero-order valence-corrected chi connectivity index (χ0v) is 16.0. The Morgan fingerprint density at radius 2 is 1.86 bits per heavy atom. The molecule has 0 aromatic heterocycles. The number of anilines is 2. The van der Waals surface area contributed by atoms with E-state index in [1.165, 1.54) is 11.9 Å². The van der Waals surface area contributed by atoms with Crippen LogP contribution in [0.2, 0.25) is 0 Å². The minimum Gasteiger partial charge on any atom is -0.454 e. The Bertz CT molecular complexity index is 1060. The molecule has 2 aromatic carbocycles. The Balaban J connectivity index is 1.62. The van der Waals surface area contributed by atoms with Gasteiger partial charge in [-0.3, -0.25) is 14.4 Å². The standard InChI is InChI=1S/C21H19N3O5/c1-12-4-3-5-14(8-12)24-20(26)7-6-16(23-24)21(27)22-17-10-19-18(28-11-29-19)9-15(17)13(2)25/h3-5,8-10H,6-7,11H2,1-2H3,(H,22,27). The molecule has 0 bridgehead atoms. The van der Waals surface area contributed by atoms with Crippen molar-refractivity contribution >= 4 is 34.7 Å². The summed E-state index contributed by atoms with van der Waals surface area (Å²) >= 11 is 0. The third-order valence-corrected chi connectivity index (χ3v) is 4.68. The number of hydrogen-bond donors (Lipinski definition) is 1. The maximum Gasteiger partial charge on any atom is 0.271 e. The summed E-state index contributed by atoms with van der Waals surface area (Å²) in [4.78, 5) is 37.2. The molecule has 0 fully saturated rings. The van der Waals surface area contributed by atoms with E-state index in [0.29, 0.717) is 28.4 Å². The maximum atomic E-state index is 12.8. The summed E-state index contributed by atoms with van der Waals surface area (Å²) < 4.78 is 10.6. The summed E-state index contributed by atoms with van der Waals surface area (Å²) in [6.07, 6.45) is 0.383. The molecule has 8 heteroatoms. The van der Waals surface area contributed by atoms with E-state index >= 15 is 0 Å². The Morgan fingerprint density at radius 3 is 2.59 bits per heavy atom. The predicted octanol–water partition coefficient (Wildman–Crippen LogP) is 3.05. The van der Waals surface area contributed by atoms with Crippen molar-refractivity contribution < 1.29 is 23.9 Å². The number of hydrogen-bond acceptors (Lipinski definition) is 6. The Kier molecular flexibility index (Phi) is 4.75. The van der Waals surface area contributed by atoms with E-state index in [2.05, 4.69) is 10.4 Å². The summed E-state index contributed by atoms with van der Waals surface area (Å²) in [5.74, 6) is 0.0313. The van der Waals surface area contributed by atoms with Crippen molar-refractivity contribution in [3.63, 3.8) is 0 Å². The fourth-order valence-corrected chi connectivity index (χ4v) is 3.21. The number of ether oxygens (including phenoxy) is 2. The van der Waals surface area contributed by atoms with Gasteiger partial charge >= 0.3 is 0 Å². The van der Waals surface area contributed by atoms with Gasteiger partial charge in [-0.05, 0) is 37.6 Å². The molecule has 2 aliphatic rings. The zero-order valence-electron chi connectivity index (χ0n) is 16.0. The molecule has 1 N–H and O–H groups in total. The first-order valence-electron chi connectivity index (χ1n) is 9.15. The quantitative estimate of drug-likeness (QED) is 0.806. The van der Waals surface area contributed by atoms with Gasteiger partial charge in [0.05, 0.1) is 11.4 Å². The van der Waals surface area contributed by atoms with Crippen LogP contribution in [0.15, 0.2) is 41.5 Å². The highest BCUT2D eigenvalue weighted by molar-refractivity contribution is 6.44. The van der Waals surface area contributed by atoms with Crippen molar-refractivity contribution in [3.05, 3.63) is 47.5 Å². The second-order valence-electron chi connectivity index (χ2n) is 6.85. The summed E-state index contributed by atoms with van der Waals surface area (Å²) in [7, 11) is 0. The summed E-state index contributed by atoms with van der Waals surface area (Å²) in [5, 5.41) is 8.24. The Hall–Kier alpha value is -3.68. The van der Waals surface area contributed by atoms with Crippen LogP contribution in [-0.2, 0) is 9.59 Å². The average Bonchev–Trinajstić information content (AvgIpc) is 3.15. The second kappa shape index (κ2) is 7.38. The number of amides is 2. The van der Waals surface area contributed by atoms with E-state index < -0.39 is 5.91 Å². The normalized spacial score (nSPS) is 15.2. The smallest absolute Gasteiger partial charge is 0.271 e. The molecule has 0 radical (unpaired) electrons. The van der Waals surface area contributed by atoms with Crippen molar-refractivity contribution in [1.29, 1.82) is 0 Å². The minimum atomic E-state index is -0.475. The average molecular weight is 393 g/mol. The predicted molar refractivity (Wildman–Crippen MR) is 107 cm³/mol. The molecular weight excluding hydrogens is 374 g/mol. The topological polar surface area (TPSA) is 97.3 Å². The molecule has 0 atom stereocenters. The van der Waals surface area contributed by atoms with E-state index in [1.54, 1.807) is 18.2 Å². The molecule has 0 saturated carbocycles. The highest BCUT2D eigenvalue weighted by atomic mass is 16.7. The number of aryl methyl sites for hydroxylation is 1. The molecule has 0 spiro atoms. The van der Waals surface area contributed by atoms with E-state index in [0.717, 1.165) is 5.56 Å². The molecule has 29 heavy (non-hydrogen) atoms. The first kappa shape index (κ1) is 18.7. The summed E-state index contributed by atoms with van der Waals surface area (Å²) in [5.41, 5.74) is 2.42. The lowest BCUT2D eigenvalue weighted by Gasteiger charge is -2.23. The van der Waals surface area contributed by atoms with Crippen molar-refractivity contribution in [1.82, 2.24) is 0 Å². The van der Waals surface area contributed by atoms with E-state index in [1.807, 2.05) is 25.1 Å². The van der Waals surface area contributed by atoms with E-state index in [4.69, 9.17) is 9.47 Å². The number of Topliss-reactive ketones (excluding diaryl/α,β-unsaturated/α-hetero) is 1. The van der Waals surface area contributed by atoms with Gasteiger partial charge in [-0.15, -0.1) is 0 Å². The lowest BCUT2D eigenvalue weighted by Crippen LogP contribution is -2.36. The second-order valence-corrected chi connectivity index (χ2v) is 6.85. The lowest BCUT2D eigenvalue weighted by molar-refractivity contribution is -0.118. The number of nitrogens with zero attached hydrogens (tertiary/aromatic N) is 2. The van der Waals surface area contributed by atoms with Gasteiger partial charge in [-0.1, -0.05) is 12.1 Å². The van der Waals surface area contributed by atoms with Crippen LogP contribution in [0.3, 0.4) is 0 Å². The van der Waals surface area contributed by atoms with Crippen molar-refractivity contribution in [2.75, 3.05) is 17.1 Å². The van der Waals surface area contributed by atoms with Gasteiger partial charge in [-0.25, -0.2) is 5.01 Å². The molecule has 0 aliphatic carbocycles. The van der Waals surface area contributed by atoms with Crippen LogP contribution in [0.4, 0.5) is 11.4 Å². The fraction of sp³-hybridized carbons (Fsp3) is 0.238. The molecular formula is C21H19N3O5. The molecule has 148 valence electrons. The van der Waals surface area contributed by atoms with Crippen LogP contribution < -0.4 is 19.8 Å². The molecule has 2 amide bonds. The number of carbonyl (C=O) groups is 3. The van der Waals surface area contributed by atoms with E-state index in [-0.39, 0.29) is 37.0 Å². The molecule has 2 aliphatic heterocycles. The summed E-state index contributed by atoms with van der Waals surface area (Å²) in [6.45, 7) is 3.38. The first-order valence-corrected chi connectivity index (χ1v) is 9.15. The number of fused-ring (bicyclic) bond motifs is 1. The zero-order chi connectivity index (χ0) is 20.5. The van der Waals surface area contributed by atoms with Crippen LogP contribution in [0.25, 0.3) is 0 Å². The van der Waals surface area contributed by atoms with Crippen molar-refractivity contribution in [2.24, 2.45) is 5.10 Å². The molecule has 0 unspecified atom stereocenters. The van der Waals surface area contributed by atoms with Crippen LogP contribution in [0.5, 0.6) is 11.5 Å². The molecule has 0 saturated heterocycles. The summed E-state index contributed by atoms with van der Waals surface area (Å²) in [6, 6.07) is 10.4. The van der Waals surface area contributed by atoms with Gasteiger partial charge in [0.2, 0.25) is 12.7 Å². The van der Waals surface area contributed by atoms with Crippen LogP contribution in [-0.4, -0.2) is 30.1 Å². The maximum absolute atomic E-state index is 12.8. The van der Waals surface area contributed by atoms with Gasteiger partial charge < -0.3 is 14.8 Å². The van der Waals surface area contributed by atoms with Crippen LogP contribution in [0, 0.1) is 6.92 Å². The van der Waals surface area contributed by atoms with E-state index in [9.17, 15) is 14.4 Å². The van der Waals surface area contributed by atoms with Gasteiger partial charge in [-0.2, -0.15) is 5.10 Å². The number of hydrazone groups is 1. The molecule has 2 aromatic rings. The minimum absolute atomic E-state index is 0.0599. The number of carbonyl (C=O) groups excluding carboxylic acids is 3.